The van der Waals surface area contributed by atoms with Crippen molar-refractivity contribution in [3.8, 4) is 17.2 Å². The molecule has 2 aromatic carbocycles. The van der Waals surface area contributed by atoms with Crippen LogP contribution in [0.15, 0.2) is 36.4 Å². The molecule has 0 bridgehead atoms. The number of benzene rings is 2. The van der Waals surface area contributed by atoms with Gasteiger partial charge in [0.05, 0.1) is 6.61 Å². The second-order valence-electron chi connectivity index (χ2n) is 6.79. The number of phenolic OH excluding ortho intramolecular Hbond substituents is 2. The molecule has 0 spiro atoms. The Morgan fingerprint density at radius 2 is 1.88 bits per heavy atom. The van der Waals surface area contributed by atoms with E-state index in [1.165, 1.54) is 6.42 Å². The molecule has 4 heteroatoms. The summed E-state index contributed by atoms with van der Waals surface area (Å²) in [6.07, 6.45) is 3.38. The molecule has 1 saturated carbocycles. The smallest absolute Gasteiger partial charge is 0.129 e. The summed E-state index contributed by atoms with van der Waals surface area (Å²) in [5.74, 6) is 2.20. The highest BCUT2D eigenvalue weighted by Crippen LogP contribution is 2.55. The van der Waals surface area contributed by atoms with Crippen LogP contribution in [0.1, 0.15) is 48.0 Å². The molecule has 0 radical (unpaired) electrons. The first-order chi connectivity index (χ1) is 11.7. The number of rotatable bonds is 3. The average Bonchev–Trinajstić information content (AvgIpc) is 3.05. The van der Waals surface area contributed by atoms with E-state index in [2.05, 4.69) is 0 Å². The lowest BCUT2D eigenvalue weighted by molar-refractivity contribution is 0.0972. The van der Waals surface area contributed by atoms with Gasteiger partial charge in [0.2, 0.25) is 0 Å². The lowest BCUT2D eigenvalue weighted by atomic mass is 9.79. The van der Waals surface area contributed by atoms with E-state index >= 15 is 0 Å². The van der Waals surface area contributed by atoms with Crippen LogP contribution in [0.5, 0.6) is 17.2 Å². The summed E-state index contributed by atoms with van der Waals surface area (Å²) in [6.45, 7) is 0.413. The Morgan fingerprint density at radius 1 is 1.08 bits per heavy atom. The van der Waals surface area contributed by atoms with E-state index in [1.54, 1.807) is 25.3 Å². The molecule has 1 aliphatic carbocycles. The van der Waals surface area contributed by atoms with Crippen molar-refractivity contribution in [3.63, 3.8) is 0 Å². The van der Waals surface area contributed by atoms with Crippen molar-refractivity contribution in [2.75, 3.05) is 7.11 Å². The Balaban J connectivity index is 1.80. The Bertz CT molecular complexity index is 738. The van der Waals surface area contributed by atoms with Crippen LogP contribution in [-0.4, -0.2) is 17.3 Å². The van der Waals surface area contributed by atoms with E-state index in [0.29, 0.717) is 18.4 Å². The number of ether oxygens (including phenoxy) is 2. The van der Waals surface area contributed by atoms with Crippen LogP contribution in [0.2, 0.25) is 0 Å². The molecule has 1 heterocycles. The highest BCUT2D eigenvalue weighted by Gasteiger charge is 2.42. The fourth-order valence-electron chi connectivity index (χ4n) is 4.31. The Kier molecular flexibility index (Phi) is 3.85. The van der Waals surface area contributed by atoms with Gasteiger partial charge < -0.3 is 19.7 Å². The van der Waals surface area contributed by atoms with E-state index in [1.807, 2.05) is 18.2 Å². The van der Waals surface area contributed by atoms with Gasteiger partial charge in [-0.3, -0.25) is 0 Å². The van der Waals surface area contributed by atoms with E-state index in [4.69, 9.17) is 9.47 Å². The van der Waals surface area contributed by atoms with Crippen LogP contribution in [0.3, 0.4) is 0 Å². The average molecular weight is 326 g/mol. The van der Waals surface area contributed by atoms with Gasteiger partial charge >= 0.3 is 0 Å². The third kappa shape index (κ3) is 2.51. The second kappa shape index (κ2) is 6.02. The van der Waals surface area contributed by atoms with Crippen LogP contribution in [0.25, 0.3) is 0 Å². The number of aromatic hydroxyl groups is 2. The molecule has 3 atom stereocenters. The molecule has 2 N–H and O–H groups in total. The fourth-order valence-corrected chi connectivity index (χ4v) is 4.31. The quantitative estimate of drug-likeness (QED) is 0.885. The Hall–Kier alpha value is -2.20. The lowest BCUT2D eigenvalue weighted by Gasteiger charge is -2.37. The minimum Gasteiger partial charge on any atom is -0.508 e. The summed E-state index contributed by atoms with van der Waals surface area (Å²) in [6, 6.07) is 10.9. The number of hydrogen-bond donors (Lipinski definition) is 2. The molecule has 24 heavy (non-hydrogen) atoms. The van der Waals surface area contributed by atoms with Crippen molar-refractivity contribution in [2.45, 2.75) is 37.9 Å². The summed E-state index contributed by atoms with van der Waals surface area (Å²) < 4.78 is 11.7. The first-order valence-electron chi connectivity index (χ1n) is 8.47. The zero-order valence-electron chi connectivity index (χ0n) is 13.7. The van der Waals surface area contributed by atoms with Crippen molar-refractivity contribution in [2.24, 2.45) is 5.92 Å². The maximum Gasteiger partial charge on any atom is 0.129 e. The van der Waals surface area contributed by atoms with Gasteiger partial charge in [-0.2, -0.15) is 0 Å². The van der Waals surface area contributed by atoms with E-state index in [0.717, 1.165) is 35.3 Å². The third-order valence-electron chi connectivity index (χ3n) is 5.30. The van der Waals surface area contributed by atoms with Gasteiger partial charge in [-0.1, -0.05) is 18.6 Å². The Morgan fingerprint density at radius 3 is 2.62 bits per heavy atom. The van der Waals surface area contributed by atoms with E-state index < -0.39 is 0 Å². The first kappa shape index (κ1) is 15.3. The first-order valence-corrected chi connectivity index (χ1v) is 8.47. The van der Waals surface area contributed by atoms with Crippen molar-refractivity contribution in [1.82, 2.24) is 0 Å². The molecule has 2 aromatic rings. The largest absolute Gasteiger partial charge is 0.508 e. The minimum absolute atomic E-state index is 0.0225. The third-order valence-corrected chi connectivity index (χ3v) is 5.30. The summed E-state index contributed by atoms with van der Waals surface area (Å²) >= 11 is 0. The van der Waals surface area contributed by atoms with Crippen LogP contribution in [-0.2, 0) is 11.3 Å². The topological polar surface area (TPSA) is 58.9 Å². The molecule has 2 unspecified atom stereocenters. The molecule has 1 fully saturated rings. The highest BCUT2D eigenvalue weighted by atomic mass is 16.5. The molecule has 126 valence electrons. The van der Waals surface area contributed by atoms with Gasteiger partial charge in [0.25, 0.3) is 0 Å². The monoisotopic (exact) mass is 326 g/mol. The summed E-state index contributed by atoms with van der Waals surface area (Å²) in [4.78, 5) is 0. The second-order valence-corrected chi connectivity index (χ2v) is 6.79. The van der Waals surface area contributed by atoms with Crippen molar-refractivity contribution in [1.29, 1.82) is 0 Å². The minimum atomic E-state index is -0.0225. The van der Waals surface area contributed by atoms with E-state index in [-0.39, 0.29) is 17.6 Å². The predicted octanol–water partition coefficient (Wildman–Crippen LogP) is 4.26. The standard InChI is InChI=1S/C20H22O4/c1-23-11-13-9-15(22)10-18-16-3-2-4-17(16)19(24-20(13)18)12-5-7-14(21)8-6-12/h5-10,16-17,19,21-22H,2-4,11H2,1H3/t16?,17?,19-/m1/s1. The maximum absolute atomic E-state index is 10.1. The lowest BCUT2D eigenvalue weighted by Crippen LogP contribution is -2.27. The van der Waals surface area contributed by atoms with Gasteiger partial charge in [0.1, 0.15) is 23.4 Å². The number of fused-ring (bicyclic) bond motifs is 3. The molecule has 2 aliphatic rings. The Labute approximate surface area is 141 Å². The molecule has 0 aromatic heterocycles. The van der Waals surface area contributed by atoms with Gasteiger partial charge in [-0.05, 0) is 48.6 Å². The SMILES string of the molecule is COCc1cc(O)cc2c1O[C@H](c1ccc(O)cc1)C1CCCC21. The molecule has 4 nitrogen and oxygen atoms in total. The van der Waals surface area contributed by atoms with Crippen LogP contribution in [0.4, 0.5) is 0 Å². The molecule has 0 amide bonds. The number of hydrogen-bond acceptors (Lipinski definition) is 4. The highest BCUT2D eigenvalue weighted by molar-refractivity contribution is 5.51. The van der Waals surface area contributed by atoms with Gasteiger partial charge in [0.15, 0.2) is 0 Å². The van der Waals surface area contributed by atoms with Gasteiger partial charge in [0, 0.05) is 24.2 Å². The van der Waals surface area contributed by atoms with E-state index in [9.17, 15) is 10.2 Å². The molecule has 1 aliphatic heterocycles. The van der Waals surface area contributed by atoms with Crippen LogP contribution < -0.4 is 4.74 Å². The molecular weight excluding hydrogens is 304 g/mol. The zero-order chi connectivity index (χ0) is 16.7. The molecule has 0 saturated heterocycles. The fraction of sp³-hybridized carbons (Fsp3) is 0.400. The van der Waals surface area contributed by atoms with Crippen LogP contribution >= 0.6 is 0 Å². The maximum atomic E-state index is 10.1. The van der Waals surface area contributed by atoms with Crippen molar-refractivity contribution >= 4 is 0 Å². The van der Waals surface area contributed by atoms with Crippen molar-refractivity contribution < 1.29 is 19.7 Å². The van der Waals surface area contributed by atoms with Gasteiger partial charge in [-0.15, -0.1) is 0 Å². The van der Waals surface area contributed by atoms with Gasteiger partial charge in [-0.25, -0.2) is 0 Å². The summed E-state index contributed by atoms with van der Waals surface area (Å²) in [7, 11) is 1.65. The molecule has 4 rings (SSSR count). The number of phenols is 2. The zero-order valence-corrected chi connectivity index (χ0v) is 13.7. The normalized spacial score (nSPS) is 25.0. The van der Waals surface area contributed by atoms with Crippen LogP contribution in [0, 0.1) is 5.92 Å². The predicted molar refractivity (Wildman–Crippen MR) is 90.4 cm³/mol. The number of methoxy groups -OCH3 is 1. The summed E-state index contributed by atoms with van der Waals surface area (Å²) in [5, 5.41) is 19.6. The summed E-state index contributed by atoms with van der Waals surface area (Å²) in [5.41, 5.74) is 3.09. The van der Waals surface area contributed by atoms with Crippen molar-refractivity contribution in [3.05, 3.63) is 53.1 Å². The molecular formula is C20H22O4.